The Labute approximate surface area is 201 Å². The molecule has 0 radical (unpaired) electrons. The van der Waals surface area contributed by atoms with Crippen LogP contribution in [0.25, 0.3) is 0 Å². The first-order valence-corrected chi connectivity index (χ1v) is 12.7. The van der Waals surface area contributed by atoms with Crippen LogP contribution >= 0.6 is 0 Å². The number of carbonyl (C=O) groups is 2. The van der Waals surface area contributed by atoms with E-state index in [2.05, 4.69) is 41.5 Å². The Balaban J connectivity index is 1.58. The first kappa shape index (κ1) is 22.3. The predicted octanol–water partition coefficient (Wildman–Crippen LogP) is 5.62. The van der Waals surface area contributed by atoms with Gasteiger partial charge in [0.2, 0.25) is 0 Å². The van der Waals surface area contributed by atoms with Crippen LogP contribution in [0.5, 0.6) is 0 Å². The van der Waals surface area contributed by atoms with E-state index in [4.69, 9.17) is 13.9 Å². The van der Waals surface area contributed by atoms with E-state index >= 15 is 0 Å². The first-order chi connectivity index (χ1) is 15.8. The number of hydrogen-bond donors (Lipinski definition) is 0. The van der Waals surface area contributed by atoms with Gasteiger partial charge in [-0.05, 0) is 61.3 Å². The zero-order valence-corrected chi connectivity index (χ0v) is 21.3. The summed E-state index contributed by atoms with van der Waals surface area (Å²) in [5, 5.41) is 0. The molecule has 0 amide bonds. The molecule has 5 aliphatic rings. The molecular formula is C29H36O5. The summed E-state index contributed by atoms with van der Waals surface area (Å²) < 4.78 is 18.4. The van der Waals surface area contributed by atoms with Gasteiger partial charge in [-0.25, -0.2) is 0 Å². The van der Waals surface area contributed by atoms with Crippen molar-refractivity contribution in [2.45, 2.75) is 85.5 Å². The Kier molecular flexibility index (Phi) is 4.30. The number of ketones is 1. The third-order valence-corrected chi connectivity index (χ3v) is 10.1. The van der Waals surface area contributed by atoms with Crippen molar-refractivity contribution >= 4 is 11.8 Å². The number of hydrogen-bond acceptors (Lipinski definition) is 5. The minimum Gasteiger partial charge on any atom is -0.472 e. The maximum atomic E-state index is 13.8. The number of rotatable bonds is 2. The zero-order valence-electron chi connectivity index (χ0n) is 21.3. The SMILES string of the molecule is CC1=C2[C@@H](C[C@H]1c1ccoc1)O[C@@H]1[C@@H]3OC(=O)[C@]4(C)C=CC(=O)[C@](C)([C@@H](CC(C)(C)C)[C@]21C)[C@@H]34. The van der Waals surface area contributed by atoms with Crippen LogP contribution in [0.3, 0.4) is 0 Å². The summed E-state index contributed by atoms with van der Waals surface area (Å²) in [5.41, 5.74) is 1.92. The third kappa shape index (κ3) is 2.49. The van der Waals surface area contributed by atoms with Crippen LogP contribution < -0.4 is 0 Å². The van der Waals surface area contributed by atoms with Gasteiger partial charge in [-0.2, -0.15) is 0 Å². The molecule has 2 saturated heterocycles. The van der Waals surface area contributed by atoms with Gasteiger partial charge in [-0.15, -0.1) is 0 Å². The van der Waals surface area contributed by atoms with Gasteiger partial charge >= 0.3 is 5.97 Å². The van der Waals surface area contributed by atoms with Crippen molar-refractivity contribution in [2.75, 3.05) is 0 Å². The Hall–Kier alpha value is -2.14. The minimum atomic E-state index is -0.797. The number of esters is 1. The van der Waals surface area contributed by atoms with Crippen LogP contribution in [-0.2, 0) is 19.1 Å². The number of ether oxygens (including phenoxy) is 2. The molecular weight excluding hydrogens is 428 g/mol. The van der Waals surface area contributed by atoms with E-state index < -0.39 is 22.3 Å². The molecule has 2 aliphatic heterocycles. The second-order valence-electron chi connectivity index (χ2n) is 13.2. The molecule has 9 atom stereocenters. The van der Waals surface area contributed by atoms with E-state index in [1.54, 1.807) is 18.4 Å². The summed E-state index contributed by atoms with van der Waals surface area (Å²) >= 11 is 0. The lowest BCUT2D eigenvalue weighted by atomic mass is 9.41. The van der Waals surface area contributed by atoms with E-state index in [1.807, 2.05) is 19.3 Å². The molecule has 1 saturated carbocycles. The summed E-state index contributed by atoms with van der Waals surface area (Å²) in [6.07, 6.45) is 8.06. The molecule has 0 N–H and O–H groups in total. The summed E-state index contributed by atoms with van der Waals surface area (Å²) in [6.45, 7) is 15.3. The second kappa shape index (κ2) is 6.54. The van der Waals surface area contributed by atoms with Crippen molar-refractivity contribution in [2.24, 2.45) is 33.5 Å². The Morgan fingerprint density at radius 2 is 1.85 bits per heavy atom. The fraction of sp³-hybridized carbons (Fsp3) is 0.655. The second-order valence-corrected chi connectivity index (χ2v) is 13.2. The maximum absolute atomic E-state index is 13.8. The molecule has 3 heterocycles. The normalized spacial score (nSPS) is 47.0. The molecule has 5 heteroatoms. The first-order valence-electron chi connectivity index (χ1n) is 12.7. The average molecular weight is 465 g/mol. The van der Waals surface area contributed by atoms with Gasteiger partial charge in [0, 0.05) is 22.7 Å². The smallest absolute Gasteiger partial charge is 0.316 e. The number of carbonyl (C=O) groups excluding carboxylic acids is 2. The number of fused-ring (bicyclic) bond motifs is 4. The van der Waals surface area contributed by atoms with Crippen LogP contribution in [0.1, 0.15) is 72.8 Å². The summed E-state index contributed by atoms with van der Waals surface area (Å²) in [7, 11) is 0. The lowest BCUT2D eigenvalue weighted by Gasteiger charge is -2.60. The molecule has 34 heavy (non-hydrogen) atoms. The topological polar surface area (TPSA) is 65.7 Å². The molecule has 3 fully saturated rings. The molecule has 0 spiro atoms. The maximum Gasteiger partial charge on any atom is 0.316 e. The molecule has 6 rings (SSSR count). The lowest BCUT2D eigenvalue weighted by molar-refractivity contribution is -0.190. The number of furan rings is 1. The fourth-order valence-corrected chi connectivity index (χ4v) is 8.77. The van der Waals surface area contributed by atoms with Crippen molar-refractivity contribution < 1.29 is 23.5 Å². The van der Waals surface area contributed by atoms with E-state index in [1.165, 1.54) is 16.7 Å². The predicted molar refractivity (Wildman–Crippen MR) is 127 cm³/mol. The molecule has 0 bridgehead atoms. The average Bonchev–Trinajstić information content (AvgIpc) is 3.48. The molecule has 0 unspecified atom stereocenters. The highest BCUT2D eigenvalue weighted by Crippen LogP contribution is 2.72. The summed E-state index contributed by atoms with van der Waals surface area (Å²) in [6, 6.07) is 2.04. The van der Waals surface area contributed by atoms with Crippen molar-refractivity contribution in [3.05, 3.63) is 47.5 Å². The minimum absolute atomic E-state index is 0.00447. The Bertz CT molecular complexity index is 1140. The quantitative estimate of drug-likeness (QED) is 0.420. The van der Waals surface area contributed by atoms with Crippen LogP contribution in [0, 0.1) is 33.5 Å². The summed E-state index contributed by atoms with van der Waals surface area (Å²) in [4.78, 5) is 27.1. The molecule has 182 valence electrons. The Morgan fingerprint density at radius 1 is 1.12 bits per heavy atom. The zero-order chi connectivity index (χ0) is 24.4. The molecule has 0 aromatic carbocycles. The highest BCUT2D eigenvalue weighted by atomic mass is 16.6. The van der Waals surface area contributed by atoms with Gasteiger partial charge in [0.1, 0.15) is 12.2 Å². The standard InChI is InChI=1S/C29H36O5/c1-15-17(16-9-11-32-14-16)12-18-21(15)29(7)19(13-26(2,3)4)28(6)20(30)8-10-27(5)23(28)22(24(29)33-18)34-25(27)31/h8-11,14,17-19,22-24H,12-13H2,1-7H3/t17-,18-,19-,22-,23+,24-,27-,28+,29-/m1/s1. The number of allylic oxidation sites excluding steroid dienone is 2. The monoisotopic (exact) mass is 464 g/mol. The van der Waals surface area contributed by atoms with Crippen molar-refractivity contribution in [3.63, 3.8) is 0 Å². The van der Waals surface area contributed by atoms with Crippen molar-refractivity contribution in [1.29, 1.82) is 0 Å². The van der Waals surface area contributed by atoms with E-state index in [9.17, 15) is 9.59 Å². The van der Waals surface area contributed by atoms with Gasteiger partial charge in [0.15, 0.2) is 5.78 Å². The molecule has 1 aromatic heterocycles. The van der Waals surface area contributed by atoms with Gasteiger partial charge < -0.3 is 13.9 Å². The highest BCUT2D eigenvalue weighted by molar-refractivity contribution is 6.00. The van der Waals surface area contributed by atoms with E-state index in [0.717, 1.165) is 12.8 Å². The van der Waals surface area contributed by atoms with Crippen LogP contribution in [0.15, 0.2) is 46.3 Å². The van der Waals surface area contributed by atoms with Crippen LogP contribution in [-0.4, -0.2) is 30.1 Å². The van der Waals surface area contributed by atoms with Crippen molar-refractivity contribution in [1.82, 2.24) is 0 Å². The van der Waals surface area contributed by atoms with Crippen LogP contribution in [0.4, 0.5) is 0 Å². The van der Waals surface area contributed by atoms with Crippen LogP contribution in [0.2, 0.25) is 0 Å². The summed E-state index contributed by atoms with van der Waals surface area (Å²) in [5.74, 6) is -0.0526. The van der Waals surface area contributed by atoms with Gasteiger partial charge in [-0.3, -0.25) is 9.59 Å². The van der Waals surface area contributed by atoms with Gasteiger partial charge in [0.25, 0.3) is 0 Å². The Morgan fingerprint density at radius 3 is 2.50 bits per heavy atom. The molecule has 3 aliphatic carbocycles. The third-order valence-electron chi connectivity index (χ3n) is 10.1. The van der Waals surface area contributed by atoms with Gasteiger partial charge in [-0.1, -0.05) is 46.3 Å². The lowest BCUT2D eigenvalue weighted by Crippen LogP contribution is -2.66. The molecule has 5 nitrogen and oxygen atoms in total. The van der Waals surface area contributed by atoms with E-state index in [0.29, 0.717) is 0 Å². The largest absolute Gasteiger partial charge is 0.472 e. The molecule has 1 aromatic rings. The van der Waals surface area contributed by atoms with Crippen molar-refractivity contribution in [3.8, 4) is 0 Å². The fourth-order valence-electron chi connectivity index (χ4n) is 8.77. The highest BCUT2D eigenvalue weighted by Gasteiger charge is 2.77. The van der Waals surface area contributed by atoms with E-state index in [-0.39, 0.29) is 47.1 Å². The van der Waals surface area contributed by atoms with Gasteiger partial charge in [0.05, 0.1) is 24.0 Å².